The Morgan fingerprint density at radius 2 is 1.81 bits per heavy atom. The van der Waals surface area contributed by atoms with Crippen LogP contribution in [0, 0.1) is 5.82 Å². The molecule has 1 aliphatic heterocycles. The Morgan fingerprint density at radius 1 is 1.00 bits per heavy atom. The second-order valence-corrected chi connectivity index (χ2v) is 5.71. The molecule has 27 heavy (non-hydrogen) atoms. The fourth-order valence-electron chi connectivity index (χ4n) is 2.57. The Labute approximate surface area is 154 Å². The second kappa shape index (κ2) is 7.28. The zero-order valence-electron chi connectivity index (χ0n) is 14.1. The van der Waals surface area contributed by atoms with Crippen LogP contribution >= 0.6 is 0 Å². The van der Waals surface area contributed by atoms with Crippen molar-refractivity contribution in [2.24, 2.45) is 0 Å². The molecule has 4 rings (SSSR count). The molecule has 1 aliphatic rings. The van der Waals surface area contributed by atoms with E-state index in [1.807, 2.05) is 0 Å². The third-order valence-corrected chi connectivity index (χ3v) is 3.84. The molecule has 2 aromatic carbocycles. The van der Waals surface area contributed by atoms with E-state index >= 15 is 0 Å². The first-order valence-electron chi connectivity index (χ1n) is 8.24. The molecular weight excluding hydrogens is 351 g/mol. The van der Waals surface area contributed by atoms with Gasteiger partial charge in [0.15, 0.2) is 11.5 Å². The number of nitrogens with one attached hydrogen (secondary N) is 2. The van der Waals surface area contributed by atoms with Crippen LogP contribution in [-0.2, 0) is 0 Å². The van der Waals surface area contributed by atoms with Gasteiger partial charge in [-0.3, -0.25) is 4.79 Å². The van der Waals surface area contributed by atoms with Crippen LogP contribution in [0.15, 0.2) is 54.9 Å². The van der Waals surface area contributed by atoms with Gasteiger partial charge < -0.3 is 20.1 Å². The van der Waals surface area contributed by atoms with E-state index in [0.29, 0.717) is 36.2 Å². The third-order valence-electron chi connectivity index (χ3n) is 3.84. The molecule has 3 aromatic rings. The zero-order chi connectivity index (χ0) is 18.6. The molecule has 2 N–H and O–H groups in total. The fourth-order valence-corrected chi connectivity index (χ4v) is 2.57. The van der Waals surface area contributed by atoms with Crippen LogP contribution in [0.2, 0.25) is 0 Å². The van der Waals surface area contributed by atoms with Gasteiger partial charge in [-0.05, 0) is 24.3 Å². The van der Waals surface area contributed by atoms with Gasteiger partial charge in [0.1, 0.15) is 36.9 Å². The fraction of sp³-hybridized carbons (Fsp3) is 0.105. The molecule has 0 atom stereocenters. The number of aromatic nitrogens is 2. The van der Waals surface area contributed by atoms with Crippen LogP contribution in [0.5, 0.6) is 11.5 Å². The summed E-state index contributed by atoms with van der Waals surface area (Å²) in [5.41, 5.74) is 0.944. The molecule has 0 unspecified atom stereocenters. The Balaban J connectivity index is 1.50. The van der Waals surface area contributed by atoms with Gasteiger partial charge >= 0.3 is 0 Å². The maximum atomic E-state index is 13.8. The number of carbonyl (C=O) groups excluding carboxylic acids is 1. The molecule has 0 radical (unpaired) electrons. The highest BCUT2D eigenvalue weighted by molar-refractivity contribution is 6.03. The summed E-state index contributed by atoms with van der Waals surface area (Å²) >= 11 is 0. The molecular formula is C19H15FN4O3. The first-order valence-corrected chi connectivity index (χ1v) is 8.24. The van der Waals surface area contributed by atoms with E-state index in [1.54, 1.807) is 36.4 Å². The zero-order valence-corrected chi connectivity index (χ0v) is 14.1. The van der Waals surface area contributed by atoms with Crippen molar-refractivity contribution in [3.63, 3.8) is 0 Å². The van der Waals surface area contributed by atoms with Crippen LogP contribution in [-0.4, -0.2) is 29.1 Å². The number of ether oxygens (including phenoxy) is 2. The van der Waals surface area contributed by atoms with E-state index in [9.17, 15) is 9.18 Å². The van der Waals surface area contributed by atoms with Gasteiger partial charge in [-0.25, -0.2) is 14.4 Å². The predicted octanol–water partition coefficient (Wildman–Crippen LogP) is 3.38. The minimum atomic E-state index is -0.425. The van der Waals surface area contributed by atoms with Crippen LogP contribution in [0.3, 0.4) is 0 Å². The minimum absolute atomic E-state index is 0.138. The monoisotopic (exact) mass is 366 g/mol. The lowest BCUT2D eigenvalue weighted by atomic mass is 10.2. The number of hydrogen-bond donors (Lipinski definition) is 2. The van der Waals surface area contributed by atoms with E-state index in [4.69, 9.17) is 9.47 Å². The van der Waals surface area contributed by atoms with Crippen molar-refractivity contribution in [3.8, 4) is 11.5 Å². The highest BCUT2D eigenvalue weighted by atomic mass is 19.1. The molecule has 7 nitrogen and oxygen atoms in total. The number of hydrogen-bond acceptors (Lipinski definition) is 6. The SMILES string of the molecule is O=C(Nc1ccc2c(c1)OCCO2)c1cc(Nc2ccccc2F)ncn1. The van der Waals surface area contributed by atoms with Gasteiger partial charge in [0, 0.05) is 17.8 Å². The van der Waals surface area contributed by atoms with Gasteiger partial charge in [-0.2, -0.15) is 0 Å². The maximum Gasteiger partial charge on any atom is 0.274 e. The number of rotatable bonds is 4. The number of benzene rings is 2. The van der Waals surface area contributed by atoms with Crippen molar-refractivity contribution < 1.29 is 18.7 Å². The quantitative estimate of drug-likeness (QED) is 0.736. The molecule has 0 fully saturated rings. The number of para-hydroxylation sites is 1. The number of carbonyl (C=O) groups is 1. The molecule has 1 aromatic heterocycles. The topological polar surface area (TPSA) is 85.4 Å². The lowest BCUT2D eigenvalue weighted by Crippen LogP contribution is -2.17. The molecule has 0 spiro atoms. The smallest absolute Gasteiger partial charge is 0.274 e. The largest absolute Gasteiger partial charge is 0.486 e. The standard InChI is InChI=1S/C19H15FN4O3/c20-13-3-1-2-4-14(13)24-18-10-15(21-11-22-18)19(25)23-12-5-6-16-17(9-12)27-8-7-26-16/h1-6,9-11H,7-8H2,(H,23,25)(H,21,22,24). The molecule has 0 aliphatic carbocycles. The first kappa shape index (κ1) is 16.8. The number of nitrogens with zero attached hydrogens (tertiary/aromatic N) is 2. The van der Waals surface area contributed by atoms with Gasteiger partial charge in [-0.15, -0.1) is 0 Å². The Hall–Kier alpha value is -3.68. The molecule has 0 saturated carbocycles. The predicted molar refractivity (Wildman–Crippen MR) is 97.1 cm³/mol. The van der Waals surface area contributed by atoms with Crippen molar-refractivity contribution in [2.75, 3.05) is 23.8 Å². The van der Waals surface area contributed by atoms with E-state index < -0.39 is 11.7 Å². The van der Waals surface area contributed by atoms with Crippen LogP contribution in [0.25, 0.3) is 0 Å². The summed E-state index contributed by atoms with van der Waals surface area (Å²) in [7, 11) is 0. The van der Waals surface area contributed by atoms with Gasteiger partial charge in [-0.1, -0.05) is 12.1 Å². The minimum Gasteiger partial charge on any atom is -0.486 e. The van der Waals surface area contributed by atoms with Crippen molar-refractivity contribution in [2.45, 2.75) is 0 Å². The molecule has 2 heterocycles. The van der Waals surface area contributed by atoms with Crippen molar-refractivity contribution in [1.29, 1.82) is 0 Å². The summed E-state index contributed by atoms with van der Waals surface area (Å²) in [5, 5.41) is 5.57. The van der Waals surface area contributed by atoms with Gasteiger partial charge in [0.25, 0.3) is 5.91 Å². The Bertz CT molecular complexity index is 996. The highest BCUT2D eigenvalue weighted by Gasteiger charge is 2.14. The van der Waals surface area contributed by atoms with Crippen LogP contribution in [0.1, 0.15) is 10.5 Å². The van der Waals surface area contributed by atoms with E-state index in [0.717, 1.165) is 0 Å². The number of anilines is 3. The molecule has 136 valence electrons. The second-order valence-electron chi connectivity index (χ2n) is 5.71. The molecule has 1 amide bonds. The summed E-state index contributed by atoms with van der Waals surface area (Å²) in [4.78, 5) is 20.5. The van der Waals surface area contributed by atoms with Crippen molar-refractivity contribution >= 4 is 23.1 Å². The molecule has 0 saturated heterocycles. The Morgan fingerprint density at radius 3 is 2.67 bits per heavy atom. The lowest BCUT2D eigenvalue weighted by molar-refractivity contribution is 0.102. The average Bonchev–Trinajstić information content (AvgIpc) is 2.70. The van der Waals surface area contributed by atoms with Gasteiger partial charge in [0.2, 0.25) is 0 Å². The highest BCUT2D eigenvalue weighted by Crippen LogP contribution is 2.32. The first-order chi connectivity index (χ1) is 13.2. The van der Waals surface area contributed by atoms with Crippen molar-refractivity contribution in [3.05, 3.63) is 66.4 Å². The summed E-state index contributed by atoms with van der Waals surface area (Å²) in [6, 6.07) is 12.8. The Kier molecular flexibility index (Phi) is 4.52. The maximum absolute atomic E-state index is 13.8. The van der Waals surface area contributed by atoms with E-state index in [2.05, 4.69) is 20.6 Å². The summed E-state index contributed by atoms with van der Waals surface area (Å²) in [6.45, 7) is 0.957. The lowest BCUT2D eigenvalue weighted by Gasteiger charge is -2.19. The number of halogens is 1. The molecule has 8 heteroatoms. The number of amides is 1. The summed E-state index contributed by atoms with van der Waals surface area (Å²) in [6.07, 6.45) is 1.24. The number of fused-ring (bicyclic) bond motifs is 1. The summed E-state index contributed by atoms with van der Waals surface area (Å²) < 4.78 is 24.7. The van der Waals surface area contributed by atoms with E-state index in [-0.39, 0.29) is 11.4 Å². The summed E-state index contributed by atoms with van der Waals surface area (Å²) in [5.74, 6) is 0.674. The van der Waals surface area contributed by atoms with Crippen molar-refractivity contribution in [1.82, 2.24) is 9.97 Å². The normalized spacial score (nSPS) is 12.3. The molecule has 0 bridgehead atoms. The van der Waals surface area contributed by atoms with Gasteiger partial charge in [0.05, 0.1) is 5.69 Å². The average molecular weight is 366 g/mol. The van der Waals surface area contributed by atoms with Crippen LogP contribution < -0.4 is 20.1 Å². The van der Waals surface area contributed by atoms with E-state index in [1.165, 1.54) is 18.5 Å². The third kappa shape index (κ3) is 3.79. The van der Waals surface area contributed by atoms with Crippen LogP contribution in [0.4, 0.5) is 21.6 Å².